The van der Waals surface area contributed by atoms with E-state index in [1.54, 1.807) is 19.0 Å². The van der Waals surface area contributed by atoms with Crippen LogP contribution in [0.4, 0.5) is 0 Å². The van der Waals surface area contributed by atoms with Gasteiger partial charge < -0.3 is 10.2 Å². The van der Waals surface area contributed by atoms with Crippen molar-refractivity contribution in [2.75, 3.05) is 20.6 Å². The van der Waals surface area contributed by atoms with Crippen molar-refractivity contribution in [3.63, 3.8) is 0 Å². The molecule has 11 heavy (non-hydrogen) atoms. The number of hydrogen-bond donors (Lipinski definition) is 1. The van der Waals surface area contributed by atoms with E-state index in [1.807, 2.05) is 6.92 Å². The molecule has 6 heteroatoms. The Kier molecular flexibility index (Phi) is 3.94. The molecule has 0 aliphatic carbocycles. The van der Waals surface area contributed by atoms with Gasteiger partial charge in [0.05, 0.1) is 0 Å². The van der Waals surface area contributed by atoms with Gasteiger partial charge in [0.25, 0.3) is 5.96 Å². The van der Waals surface area contributed by atoms with Gasteiger partial charge in [-0.1, -0.05) is 0 Å². The average Bonchev–Trinajstić information content (AvgIpc) is 1.86. The zero-order valence-corrected chi connectivity index (χ0v) is 6.87. The highest BCUT2D eigenvalue weighted by Gasteiger charge is 2.04. The van der Waals surface area contributed by atoms with Crippen molar-refractivity contribution < 1.29 is 5.03 Å². The van der Waals surface area contributed by atoms with Crippen LogP contribution in [-0.2, 0) is 0 Å². The lowest BCUT2D eigenvalue weighted by molar-refractivity contribution is -0.485. The van der Waals surface area contributed by atoms with E-state index < -0.39 is 5.03 Å². The Morgan fingerprint density at radius 2 is 2.27 bits per heavy atom. The van der Waals surface area contributed by atoms with Gasteiger partial charge in [-0.05, 0) is 6.92 Å². The lowest BCUT2D eigenvalue weighted by Crippen LogP contribution is -2.36. The summed E-state index contributed by atoms with van der Waals surface area (Å²) in [5.41, 5.74) is 0. The molecule has 0 saturated carbocycles. The van der Waals surface area contributed by atoms with Gasteiger partial charge >= 0.3 is 0 Å². The fraction of sp³-hybridized carbons (Fsp3) is 0.800. The monoisotopic (exact) mass is 160 g/mol. The van der Waals surface area contributed by atoms with E-state index in [2.05, 4.69) is 10.4 Å². The van der Waals surface area contributed by atoms with E-state index >= 15 is 0 Å². The Bertz CT molecular complexity index is 166. The van der Waals surface area contributed by atoms with Gasteiger partial charge in [-0.2, -0.15) is 0 Å². The summed E-state index contributed by atoms with van der Waals surface area (Å²) in [6.45, 7) is 2.46. The lowest BCUT2D eigenvalue weighted by atomic mass is 10.7. The van der Waals surface area contributed by atoms with Crippen molar-refractivity contribution in [2.24, 2.45) is 5.10 Å². The molecule has 6 nitrogen and oxygen atoms in total. The predicted molar refractivity (Wildman–Crippen MR) is 41.8 cm³/mol. The Labute approximate surface area is 65.0 Å². The minimum atomic E-state index is -0.724. The fourth-order valence-electron chi connectivity index (χ4n) is 0.518. The zero-order chi connectivity index (χ0) is 8.85. The molecular weight excluding hydrogens is 148 g/mol. The summed E-state index contributed by atoms with van der Waals surface area (Å²) in [6, 6.07) is 0. The van der Waals surface area contributed by atoms with Gasteiger partial charge in [-0.3, -0.25) is 0 Å². The highest BCUT2D eigenvalue weighted by Crippen LogP contribution is 1.80. The minimum Gasteiger partial charge on any atom is -0.351 e. The van der Waals surface area contributed by atoms with E-state index in [0.717, 1.165) is 0 Å². The van der Waals surface area contributed by atoms with Crippen LogP contribution in [0, 0.1) is 10.1 Å². The maximum Gasteiger partial charge on any atom is 0.270 e. The van der Waals surface area contributed by atoms with Crippen LogP contribution in [0.1, 0.15) is 6.92 Å². The maximum absolute atomic E-state index is 9.94. The number of hydrazone groups is 1. The maximum atomic E-state index is 9.94. The smallest absolute Gasteiger partial charge is 0.270 e. The van der Waals surface area contributed by atoms with Gasteiger partial charge in [-0.25, -0.2) is 10.1 Å². The second kappa shape index (κ2) is 4.48. The summed E-state index contributed by atoms with van der Waals surface area (Å²) in [5, 5.41) is 15.1. The number of hydrogen-bond acceptors (Lipinski definition) is 2. The van der Waals surface area contributed by atoms with Crippen LogP contribution in [0.15, 0.2) is 5.10 Å². The van der Waals surface area contributed by atoms with Gasteiger partial charge in [0, 0.05) is 20.6 Å². The van der Waals surface area contributed by atoms with Crippen LogP contribution in [0.2, 0.25) is 0 Å². The summed E-state index contributed by atoms with van der Waals surface area (Å²) in [4.78, 5) is 11.5. The van der Waals surface area contributed by atoms with Gasteiger partial charge in [0.1, 0.15) is 5.10 Å². The quantitative estimate of drug-likeness (QED) is 0.261. The predicted octanol–water partition coefficient (Wildman–Crippen LogP) is -0.295. The molecule has 1 N–H and O–H groups in total. The van der Waals surface area contributed by atoms with Crippen LogP contribution in [-0.4, -0.2) is 36.5 Å². The normalized spacial score (nSPS) is 11.0. The van der Waals surface area contributed by atoms with Crippen molar-refractivity contribution in [3.05, 3.63) is 10.1 Å². The Morgan fingerprint density at radius 3 is 2.55 bits per heavy atom. The van der Waals surface area contributed by atoms with E-state index in [0.29, 0.717) is 6.54 Å². The zero-order valence-electron chi connectivity index (χ0n) is 6.87. The molecule has 0 aromatic heterocycles. The molecule has 0 aromatic rings. The molecule has 0 fully saturated rings. The molecule has 0 radical (unpaired) electrons. The van der Waals surface area contributed by atoms with Gasteiger partial charge in [-0.15, -0.1) is 0 Å². The minimum absolute atomic E-state index is 0.262. The highest BCUT2D eigenvalue weighted by atomic mass is 16.7. The lowest BCUT2D eigenvalue weighted by Gasteiger charge is -2.12. The SMILES string of the molecule is CCN/C(=N/[N+](=O)[O-])N(C)C. The van der Waals surface area contributed by atoms with E-state index in [9.17, 15) is 10.1 Å². The third-order valence-electron chi connectivity index (χ3n) is 0.935. The standard InChI is InChI=1S/C5H12N4O2/c1-4-6-5(8(2)3)7-9(10)11/h4H2,1-3H3,(H,6,7). The average molecular weight is 160 g/mol. The van der Waals surface area contributed by atoms with Crippen molar-refractivity contribution in [1.29, 1.82) is 0 Å². The molecule has 64 valence electrons. The van der Waals surface area contributed by atoms with Crippen LogP contribution in [0.5, 0.6) is 0 Å². The number of nitrogens with one attached hydrogen (secondary N) is 1. The Morgan fingerprint density at radius 1 is 1.73 bits per heavy atom. The Hall–Kier alpha value is -1.33. The topological polar surface area (TPSA) is 70.8 Å². The molecule has 0 amide bonds. The molecule has 0 aliphatic rings. The molecule has 0 saturated heterocycles. The molecule has 0 rings (SSSR count). The van der Waals surface area contributed by atoms with E-state index in [-0.39, 0.29) is 5.96 Å². The first-order valence-corrected chi connectivity index (χ1v) is 3.22. The second-order valence-electron chi connectivity index (χ2n) is 2.09. The summed E-state index contributed by atoms with van der Waals surface area (Å²) in [5.74, 6) is 0.262. The van der Waals surface area contributed by atoms with Crippen LogP contribution in [0.3, 0.4) is 0 Å². The first-order chi connectivity index (χ1) is 5.07. The fourth-order valence-corrected chi connectivity index (χ4v) is 0.518. The van der Waals surface area contributed by atoms with E-state index in [4.69, 9.17) is 0 Å². The molecular formula is C5H12N4O2. The first-order valence-electron chi connectivity index (χ1n) is 3.22. The Balaban J connectivity index is 4.20. The number of nitro groups is 1. The molecule has 0 spiro atoms. The molecule has 0 unspecified atom stereocenters. The summed E-state index contributed by atoms with van der Waals surface area (Å²) >= 11 is 0. The van der Waals surface area contributed by atoms with Crippen molar-refractivity contribution >= 4 is 5.96 Å². The van der Waals surface area contributed by atoms with Crippen LogP contribution in [0.25, 0.3) is 0 Å². The second-order valence-corrected chi connectivity index (χ2v) is 2.09. The summed E-state index contributed by atoms with van der Waals surface area (Å²) < 4.78 is 0. The third kappa shape index (κ3) is 4.12. The molecule has 0 aromatic carbocycles. The summed E-state index contributed by atoms with van der Waals surface area (Å²) in [6.07, 6.45) is 0. The molecule has 0 bridgehead atoms. The van der Waals surface area contributed by atoms with Crippen LogP contribution >= 0.6 is 0 Å². The van der Waals surface area contributed by atoms with Crippen LogP contribution < -0.4 is 5.32 Å². The largest absolute Gasteiger partial charge is 0.351 e. The summed E-state index contributed by atoms with van der Waals surface area (Å²) in [7, 11) is 3.37. The van der Waals surface area contributed by atoms with Gasteiger partial charge in [0.2, 0.25) is 0 Å². The van der Waals surface area contributed by atoms with Gasteiger partial charge in [0.15, 0.2) is 5.03 Å². The molecule has 0 atom stereocenters. The number of nitrogens with zero attached hydrogens (tertiary/aromatic N) is 3. The van der Waals surface area contributed by atoms with Crippen molar-refractivity contribution in [3.8, 4) is 0 Å². The third-order valence-corrected chi connectivity index (χ3v) is 0.935. The molecule has 0 aliphatic heterocycles. The van der Waals surface area contributed by atoms with E-state index in [1.165, 1.54) is 0 Å². The van der Waals surface area contributed by atoms with Crippen molar-refractivity contribution in [1.82, 2.24) is 10.2 Å². The highest BCUT2D eigenvalue weighted by molar-refractivity contribution is 5.78. The number of rotatable bonds is 2. The van der Waals surface area contributed by atoms with Crippen molar-refractivity contribution in [2.45, 2.75) is 6.92 Å². The first kappa shape index (κ1) is 9.67. The molecule has 0 heterocycles. The number of guanidine groups is 1.